The topological polar surface area (TPSA) is 49.3 Å². The minimum atomic E-state index is -0.310. The first kappa shape index (κ1) is 13.8. The lowest BCUT2D eigenvalue weighted by Gasteiger charge is -2.03. The molecule has 0 saturated carbocycles. The molecule has 4 heteroatoms. The number of benzene rings is 2. The van der Waals surface area contributed by atoms with Gasteiger partial charge in [-0.15, -0.1) is 0 Å². The maximum absolute atomic E-state index is 12.7. The zero-order valence-electron chi connectivity index (χ0n) is 10.7. The summed E-state index contributed by atoms with van der Waals surface area (Å²) in [4.78, 5) is 11.6. The minimum absolute atomic E-state index is 0.165. The first-order chi connectivity index (χ1) is 9.63. The van der Waals surface area contributed by atoms with Gasteiger partial charge in [0.2, 0.25) is 5.91 Å². The molecule has 0 saturated heterocycles. The molecule has 102 valence electrons. The van der Waals surface area contributed by atoms with Gasteiger partial charge in [0.25, 0.3) is 0 Å². The van der Waals surface area contributed by atoms with Crippen LogP contribution in [0.5, 0.6) is 5.75 Å². The number of carbonyl (C=O) groups excluding carboxylic acids is 1. The van der Waals surface area contributed by atoms with E-state index >= 15 is 0 Å². The molecule has 2 aromatic rings. The molecule has 0 heterocycles. The molecule has 2 N–H and O–H groups in total. The van der Waals surface area contributed by atoms with Crippen LogP contribution in [0.2, 0.25) is 0 Å². The molecule has 0 unspecified atom stereocenters. The lowest BCUT2D eigenvalue weighted by molar-refractivity contribution is -0.116. The standard InChI is InChI=1S/C16H14FNO2/c17-14-7-4-12(5-8-14)6-9-16(20)18-11-13-2-1-3-15(19)10-13/h1-10,19H,11H2,(H,18,20)/b9-6+. The van der Waals surface area contributed by atoms with E-state index in [1.807, 2.05) is 6.07 Å². The Morgan fingerprint density at radius 3 is 2.65 bits per heavy atom. The molecule has 0 aliphatic heterocycles. The molecule has 0 bridgehead atoms. The Kier molecular flexibility index (Phi) is 4.50. The quantitative estimate of drug-likeness (QED) is 0.840. The summed E-state index contributed by atoms with van der Waals surface area (Å²) in [7, 11) is 0. The van der Waals surface area contributed by atoms with Gasteiger partial charge in [-0.1, -0.05) is 24.3 Å². The van der Waals surface area contributed by atoms with Crippen molar-refractivity contribution < 1.29 is 14.3 Å². The molecule has 0 aromatic heterocycles. The second-order valence-corrected chi connectivity index (χ2v) is 4.27. The number of rotatable bonds is 4. The van der Waals surface area contributed by atoms with Gasteiger partial charge in [0.1, 0.15) is 11.6 Å². The zero-order valence-corrected chi connectivity index (χ0v) is 10.7. The van der Waals surface area contributed by atoms with Crippen LogP contribution in [0.4, 0.5) is 4.39 Å². The minimum Gasteiger partial charge on any atom is -0.508 e. The maximum Gasteiger partial charge on any atom is 0.244 e. The highest BCUT2D eigenvalue weighted by molar-refractivity contribution is 5.91. The first-order valence-corrected chi connectivity index (χ1v) is 6.13. The number of carbonyl (C=O) groups is 1. The van der Waals surface area contributed by atoms with E-state index in [0.717, 1.165) is 11.1 Å². The van der Waals surface area contributed by atoms with Crippen LogP contribution in [-0.2, 0) is 11.3 Å². The van der Waals surface area contributed by atoms with Crippen LogP contribution in [0.1, 0.15) is 11.1 Å². The molecule has 1 amide bonds. The van der Waals surface area contributed by atoms with Crippen molar-refractivity contribution >= 4 is 12.0 Å². The third-order valence-electron chi connectivity index (χ3n) is 2.67. The molecule has 0 fully saturated rings. The Bertz CT molecular complexity index is 621. The maximum atomic E-state index is 12.7. The molecule has 0 radical (unpaired) electrons. The monoisotopic (exact) mass is 271 g/mol. The molecule has 0 aliphatic carbocycles. The number of halogens is 1. The molecule has 2 aromatic carbocycles. The number of hydrogen-bond acceptors (Lipinski definition) is 2. The van der Waals surface area contributed by atoms with E-state index in [2.05, 4.69) is 5.32 Å². The number of amides is 1. The highest BCUT2D eigenvalue weighted by atomic mass is 19.1. The van der Waals surface area contributed by atoms with E-state index in [-0.39, 0.29) is 17.5 Å². The van der Waals surface area contributed by atoms with E-state index in [0.29, 0.717) is 6.54 Å². The van der Waals surface area contributed by atoms with Crippen LogP contribution in [0.25, 0.3) is 6.08 Å². The number of phenolic OH excluding ortho intramolecular Hbond substituents is 1. The number of nitrogens with one attached hydrogen (secondary N) is 1. The van der Waals surface area contributed by atoms with Crippen molar-refractivity contribution in [3.8, 4) is 5.75 Å². The normalized spacial score (nSPS) is 10.7. The predicted molar refractivity (Wildman–Crippen MR) is 75.4 cm³/mol. The van der Waals surface area contributed by atoms with Gasteiger partial charge in [-0.2, -0.15) is 0 Å². The lowest BCUT2D eigenvalue weighted by atomic mass is 10.2. The Morgan fingerprint density at radius 2 is 1.95 bits per heavy atom. The molecule has 2 rings (SSSR count). The predicted octanol–water partition coefficient (Wildman–Crippen LogP) is 2.86. The van der Waals surface area contributed by atoms with E-state index in [9.17, 15) is 14.3 Å². The van der Waals surface area contributed by atoms with Crippen molar-refractivity contribution in [2.24, 2.45) is 0 Å². The Labute approximate surface area is 116 Å². The third-order valence-corrected chi connectivity index (χ3v) is 2.67. The molecule has 20 heavy (non-hydrogen) atoms. The molecule has 0 aliphatic rings. The van der Waals surface area contributed by atoms with Gasteiger partial charge >= 0.3 is 0 Å². The third kappa shape index (κ3) is 4.24. The van der Waals surface area contributed by atoms with Crippen LogP contribution in [-0.4, -0.2) is 11.0 Å². The summed E-state index contributed by atoms with van der Waals surface area (Å²) in [5, 5.41) is 12.0. The van der Waals surface area contributed by atoms with Crippen molar-refractivity contribution in [1.82, 2.24) is 5.32 Å². The summed E-state index contributed by atoms with van der Waals surface area (Å²) in [6.45, 7) is 0.334. The average molecular weight is 271 g/mol. The molecule has 0 atom stereocenters. The Morgan fingerprint density at radius 1 is 1.20 bits per heavy atom. The summed E-state index contributed by atoms with van der Waals surface area (Å²) in [6, 6.07) is 12.5. The van der Waals surface area contributed by atoms with E-state index in [1.54, 1.807) is 36.4 Å². The van der Waals surface area contributed by atoms with Gasteiger partial charge in [-0.25, -0.2) is 4.39 Å². The van der Waals surface area contributed by atoms with Gasteiger partial charge in [0, 0.05) is 12.6 Å². The fraction of sp³-hybridized carbons (Fsp3) is 0.0625. The fourth-order valence-corrected chi connectivity index (χ4v) is 1.66. The van der Waals surface area contributed by atoms with Crippen LogP contribution in [0, 0.1) is 5.82 Å². The summed E-state index contributed by atoms with van der Waals surface area (Å²) in [5.41, 5.74) is 1.56. The summed E-state index contributed by atoms with van der Waals surface area (Å²) in [5.74, 6) is -0.397. The van der Waals surface area contributed by atoms with Crippen molar-refractivity contribution in [3.63, 3.8) is 0 Å². The second kappa shape index (κ2) is 6.52. The van der Waals surface area contributed by atoms with Gasteiger partial charge in [-0.3, -0.25) is 4.79 Å². The van der Waals surface area contributed by atoms with Crippen molar-refractivity contribution in [2.75, 3.05) is 0 Å². The summed E-state index contributed by atoms with van der Waals surface area (Å²) in [6.07, 6.45) is 2.99. The van der Waals surface area contributed by atoms with E-state index in [1.165, 1.54) is 18.2 Å². The van der Waals surface area contributed by atoms with Gasteiger partial charge in [0.05, 0.1) is 0 Å². The second-order valence-electron chi connectivity index (χ2n) is 4.27. The largest absolute Gasteiger partial charge is 0.508 e. The van der Waals surface area contributed by atoms with Gasteiger partial charge < -0.3 is 10.4 Å². The van der Waals surface area contributed by atoms with Crippen LogP contribution < -0.4 is 5.32 Å². The van der Waals surface area contributed by atoms with Gasteiger partial charge in [-0.05, 0) is 41.5 Å². The summed E-state index contributed by atoms with van der Waals surface area (Å²) < 4.78 is 12.7. The molecule has 3 nitrogen and oxygen atoms in total. The number of aromatic hydroxyl groups is 1. The van der Waals surface area contributed by atoms with E-state index in [4.69, 9.17) is 0 Å². The summed E-state index contributed by atoms with van der Waals surface area (Å²) >= 11 is 0. The average Bonchev–Trinajstić information content (AvgIpc) is 2.45. The fourth-order valence-electron chi connectivity index (χ4n) is 1.66. The molecular weight excluding hydrogens is 257 g/mol. The Balaban J connectivity index is 1.88. The Hall–Kier alpha value is -2.62. The van der Waals surface area contributed by atoms with Crippen molar-refractivity contribution in [3.05, 3.63) is 71.6 Å². The highest BCUT2D eigenvalue weighted by Gasteiger charge is 1.98. The molecule has 0 spiro atoms. The van der Waals surface area contributed by atoms with Gasteiger partial charge in [0.15, 0.2) is 0 Å². The van der Waals surface area contributed by atoms with Crippen LogP contribution >= 0.6 is 0 Å². The van der Waals surface area contributed by atoms with E-state index < -0.39 is 0 Å². The zero-order chi connectivity index (χ0) is 14.4. The smallest absolute Gasteiger partial charge is 0.244 e. The lowest BCUT2D eigenvalue weighted by Crippen LogP contribution is -2.20. The SMILES string of the molecule is O=C(/C=C/c1ccc(F)cc1)NCc1cccc(O)c1. The first-order valence-electron chi connectivity index (χ1n) is 6.13. The number of hydrogen-bond donors (Lipinski definition) is 2. The number of phenols is 1. The van der Waals surface area contributed by atoms with Crippen molar-refractivity contribution in [2.45, 2.75) is 6.54 Å². The van der Waals surface area contributed by atoms with Crippen LogP contribution in [0.3, 0.4) is 0 Å². The van der Waals surface area contributed by atoms with Crippen LogP contribution in [0.15, 0.2) is 54.6 Å². The van der Waals surface area contributed by atoms with Crippen molar-refractivity contribution in [1.29, 1.82) is 0 Å². The molecular formula is C16H14FNO2. The highest BCUT2D eigenvalue weighted by Crippen LogP contribution is 2.10.